The van der Waals surface area contributed by atoms with E-state index in [0.29, 0.717) is 17.9 Å². The lowest BCUT2D eigenvalue weighted by Crippen LogP contribution is -2.25. The molecule has 0 bridgehead atoms. The molecule has 8 nitrogen and oxygen atoms in total. The van der Waals surface area contributed by atoms with E-state index in [1.54, 1.807) is 6.07 Å². The van der Waals surface area contributed by atoms with Crippen LogP contribution in [0.2, 0.25) is 0 Å². The average molecular weight is 455 g/mol. The molecule has 0 unspecified atom stereocenters. The molecule has 5 rings (SSSR count). The highest BCUT2D eigenvalue weighted by Crippen LogP contribution is 2.21. The SMILES string of the molecule is NC(=O)c1ncn2c(C(=O)NCc3ccc(CN4CCCC4)cc3)cc(-c3ccccc3)nc12. The molecule has 0 atom stereocenters. The highest BCUT2D eigenvalue weighted by molar-refractivity contribution is 5.99. The van der Waals surface area contributed by atoms with Crippen LogP contribution in [-0.2, 0) is 13.1 Å². The topological polar surface area (TPSA) is 106 Å². The van der Waals surface area contributed by atoms with E-state index in [9.17, 15) is 9.59 Å². The average Bonchev–Trinajstić information content (AvgIpc) is 3.53. The van der Waals surface area contributed by atoms with Gasteiger partial charge in [0.25, 0.3) is 11.8 Å². The second kappa shape index (κ2) is 9.44. The quantitative estimate of drug-likeness (QED) is 0.447. The molecule has 3 N–H and O–H groups in total. The Hall–Kier alpha value is -4.04. The van der Waals surface area contributed by atoms with Crippen molar-refractivity contribution < 1.29 is 9.59 Å². The molecule has 2 amide bonds. The second-order valence-electron chi connectivity index (χ2n) is 8.53. The van der Waals surface area contributed by atoms with Crippen molar-refractivity contribution in [2.45, 2.75) is 25.9 Å². The van der Waals surface area contributed by atoms with Crippen LogP contribution >= 0.6 is 0 Å². The van der Waals surface area contributed by atoms with Crippen molar-refractivity contribution in [3.63, 3.8) is 0 Å². The Kier molecular flexibility index (Phi) is 6.05. The fourth-order valence-electron chi connectivity index (χ4n) is 4.31. The van der Waals surface area contributed by atoms with Gasteiger partial charge in [0.1, 0.15) is 12.0 Å². The molecule has 1 aliphatic heterocycles. The Morgan fingerprint density at radius 3 is 2.38 bits per heavy atom. The van der Waals surface area contributed by atoms with E-state index in [1.165, 1.54) is 29.1 Å². The number of aromatic nitrogens is 3. The van der Waals surface area contributed by atoms with E-state index in [2.05, 4.69) is 32.3 Å². The fourth-order valence-corrected chi connectivity index (χ4v) is 4.31. The first kappa shape index (κ1) is 21.8. The third-order valence-electron chi connectivity index (χ3n) is 6.12. The maximum atomic E-state index is 13.2. The third kappa shape index (κ3) is 4.53. The Balaban J connectivity index is 1.37. The number of likely N-dealkylation sites (tertiary alicyclic amines) is 1. The van der Waals surface area contributed by atoms with Crippen LogP contribution in [-0.4, -0.2) is 44.2 Å². The molecule has 0 saturated carbocycles. The lowest BCUT2D eigenvalue weighted by molar-refractivity contribution is 0.0942. The first-order valence-electron chi connectivity index (χ1n) is 11.4. The summed E-state index contributed by atoms with van der Waals surface area (Å²) >= 11 is 0. The van der Waals surface area contributed by atoms with Gasteiger partial charge in [0, 0.05) is 18.7 Å². The van der Waals surface area contributed by atoms with Gasteiger partial charge in [-0.15, -0.1) is 0 Å². The highest BCUT2D eigenvalue weighted by Gasteiger charge is 2.19. The maximum Gasteiger partial charge on any atom is 0.271 e. The molecule has 3 heterocycles. The summed E-state index contributed by atoms with van der Waals surface area (Å²) in [6, 6.07) is 19.5. The molecule has 2 aromatic heterocycles. The van der Waals surface area contributed by atoms with Gasteiger partial charge in [0.15, 0.2) is 11.3 Å². The minimum absolute atomic E-state index is 0.0282. The van der Waals surface area contributed by atoms with Crippen molar-refractivity contribution in [2.24, 2.45) is 5.73 Å². The number of benzene rings is 2. The number of fused-ring (bicyclic) bond motifs is 1. The van der Waals surface area contributed by atoms with Crippen LogP contribution in [0.25, 0.3) is 16.9 Å². The monoisotopic (exact) mass is 454 g/mol. The predicted molar refractivity (Wildman–Crippen MR) is 129 cm³/mol. The van der Waals surface area contributed by atoms with Crippen molar-refractivity contribution in [3.8, 4) is 11.3 Å². The van der Waals surface area contributed by atoms with Crippen molar-refractivity contribution in [1.29, 1.82) is 0 Å². The number of hydrogen-bond donors (Lipinski definition) is 2. The molecule has 172 valence electrons. The number of imidazole rings is 1. The Morgan fingerprint density at radius 2 is 1.68 bits per heavy atom. The summed E-state index contributed by atoms with van der Waals surface area (Å²) in [7, 11) is 0. The van der Waals surface area contributed by atoms with Crippen LogP contribution in [0.4, 0.5) is 0 Å². The second-order valence-corrected chi connectivity index (χ2v) is 8.53. The molecule has 1 saturated heterocycles. The van der Waals surface area contributed by atoms with Crippen LogP contribution in [0.15, 0.2) is 67.0 Å². The van der Waals surface area contributed by atoms with Gasteiger partial charge in [-0.05, 0) is 43.1 Å². The van der Waals surface area contributed by atoms with E-state index < -0.39 is 5.91 Å². The molecular formula is C26H26N6O2. The minimum atomic E-state index is -0.694. The first-order valence-corrected chi connectivity index (χ1v) is 11.4. The summed E-state index contributed by atoms with van der Waals surface area (Å²) in [5, 5.41) is 2.98. The van der Waals surface area contributed by atoms with Crippen LogP contribution in [0.3, 0.4) is 0 Å². The van der Waals surface area contributed by atoms with Crippen LogP contribution < -0.4 is 11.1 Å². The van der Waals surface area contributed by atoms with Crippen LogP contribution in [0.1, 0.15) is 44.9 Å². The molecule has 34 heavy (non-hydrogen) atoms. The lowest BCUT2D eigenvalue weighted by atomic mass is 10.1. The van der Waals surface area contributed by atoms with E-state index in [0.717, 1.165) is 30.8 Å². The number of nitrogens with two attached hydrogens (primary N) is 1. The van der Waals surface area contributed by atoms with Crippen molar-refractivity contribution in [3.05, 3.63) is 89.5 Å². The van der Waals surface area contributed by atoms with Gasteiger partial charge in [-0.3, -0.25) is 18.9 Å². The molecule has 4 aromatic rings. The number of carbonyl (C=O) groups excluding carboxylic acids is 2. The zero-order valence-corrected chi connectivity index (χ0v) is 18.8. The maximum absolute atomic E-state index is 13.2. The molecule has 0 radical (unpaired) electrons. The molecule has 2 aromatic carbocycles. The van der Waals surface area contributed by atoms with Crippen molar-refractivity contribution in [1.82, 2.24) is 24.6 Å². The molecule has 1 fully saturated rings. The van der Waals surface area contributed by atoms with Gasteiger partial charge in [-0.1, -0.05) is 54.6 Å². The van der Waals surface area contributed by atoms with Crippen molar-refractivity contribution in [2.75, 3.05) is 13.1 Å². The fraction of sp³-hybridized carbons (Fsp3) is 0.231. The van der Waals surface area contributed by atoms with Gasteiger partial charge in [-0.2, -0.15) is 0 Å². The van der Waals surface area contributed by atoms with E-state index in [-0.39, 0.29) is 17.2 Å². The van der Waals surface area contributed by atoms with Crippen molar-refractivity contribution >= 4 is 17.5 Å². The van der Waals surface area contributed by atoms with Gasteiger partial charge < -0.3 is 11.1 Å². The largest absolute Gasteiger partial charge is 0.364 e. The molecule has 1 aliphatic rings. The van der Waals surface area contributed by atoms with E-state index in [1.807, 2.05) is 42.5 Å². The summed E-state index contributed by atoms with van der Waals surface area (Å²) in [6.45, 7) is 3.67. The lowest BCUT2D eigenvalue weighted by Gasteiger charge is -2.15. The Bertz CT molecular complexity index is 1320. The number of primary amides is 1. The predicted octanol–water partition coefficient (Wildman–Crippen LogP) is 3.02. The van der Waals surface area contributed by atoms with Gasteiger partial charge in [0.05, 0.1) is 5.69 Å². The molecule has 8 heteroatoms. The van der Waals surface area contributed by atoms with Crippen LogP contribution in [0, 0.1) is 0 Å². The molecular weight excluding hydrogens is 428 g/mol. The summed E-state index contributed by atoms with van der Waals surface area (Å²) in [6.07, 6.45) is 3.95. The number of rotatable bonds is 7. The van der Waals surface area contributed by atoms with Gasteiger partial charge >= 0.3 is 0 Å². The molecule has 0 spiro atoms. The first-order chi connectivity index (χ1) is 16.6. The summed E-state index contributed by atoms with van der Waals surface area (Å²) in [5.41, 5.74) is 9.76. The normalized spacial score (nSPS) is 13.9. The number of carbonyl (C=O) groups is 2. The minimum Gasteiger partial charge on any atom is -0.364 e. The smallest absolute Gasteiger partial charge is 0.271 e. The Labute approximate surface area is 197 Å². The standard InChI is InChI=1S/C26H26N6O2/c27-24(33)23-25-30-21(20-6-2-1-3-7-20)14-22(32(25)17-29-23)26(34)28-15-18-8-10-19(11-9-18)16-31-12-4-5-13-31/h1-3,6-11,14,17H,4-5,12-13,15-16H2,(H2,27,33)(H,28,34). The van der Waals surface area contributed by atoms with Gasteiger partial charge in [-0.25, -0.2) is 9.97 Å². The van der Waals surface area contributed by atoms with Gasteiger partial charge in [0.2, 0.25) is 0 Å². The molecule has 0 aliphatic carbocycles. The summed E-state index contributed by atoms with van der Waals surface area (Å²) in [4.78, 5) is 36.1. The zero-order valence-electron chi connectivity index (χ0n) is 18.8. The number of nitrogens with zero attached hydrogens (tertiary/aromatic N) is 4. The Morgan fingerprint density at radius 1 is 0.971 bits per heavy atom. The third-order valence-corrected chi connectivity index (χ3v) is 6.12. The van der Waals surface area contributed by atoms with E-state index in [4.69, 9.17) is 5.73 Å². The summed E-state index contributed by atoms with van der Waals surface area (Å²) < 4.78 is 1.50. The number of hydrogen-bond acceptors (Lipinski definition) is 5. The number of amides is 2. The van der Waals surface area contributed by atoms with Crippen LogP contribution in [0.5, 0.6) is 0 Å². The zero-order chi connectivity index (χ0) is 23.5. The van der Waals surface area contributed by atoms with E-state index >= 15 is 0 Å². The number of nitrogens with one attached hydrogen (secondary N) is 1. The highest BCUT2D eigenvalue weighted by atomic mass is 16.2. The summed E-state index contributed by atoms with van der Waals surface area (Å²) in [5.74, 6) is -0.986.